The summed E-state index contributed by atoms with van der Waals surface area (Å²) in [6.45, 7) is 6.87. The summed E-state index contributed by atoms with van der Waals surface area (Å²) in [4.78, 5) is 30.3. The quantitative estimate of drug-likeness (QED) is 0.609. The first-order valence-electron chi connectivity index (χ1n) is 11.0. The number of pyridine rings is 1. The maximum absolute atomic E-state index is 12.9. The molecule has 1 N–H and O–H groups in total. The van der Waals surface area contributed by atoms with Gasteiger partial charge in [0.1, 0.15) is 5.65 Å². The van der Waals surface area contributed by atoms with Crippen LogP contribution in [0.1, 0.15) is 28.8 Å². The lowest BCUT2D eigenvalue weighted by Gasteiger charge is -2.34. The molecule has 10 heteroatoms. The molecular weight excluding hydrogens is 442 g/mol. The van der Waals surface area contributed by atoms with Crippen LogP contribution in [-0.4, -0.2) is 64.5 Å². The summed E-state index contributed by atoms with van der Waals surface area (Å²) in [7, 11) is -1.79. The Morgan fingerprint density at radius 1 is 1.06 bits per heavy atom. The van der Waals surface area contributed by atoms with E-state index >= 15 is 0 Å². The van der Waals surface area contributed by atoms with Crippen LogP contribution in [0.15, 0.2) is 34.0 Å². The average Bonchev–Trinajstić information content (AvgIpc) is 3.06. The molecule has 0 bridgehead atoms. The number of hydrogen-bond acceptors (Lipinski definition) is 5. The fraction of sp³-hybridized carbons (Fsp3) is 0.435. The molecule has 0 spiro atoms. The van der Waals surface area contributed by atoms with Gasteiger partial charge in [-0.1, -0.05) is 17.7 Å². The molecule has 1 saturated heterocycles. The summed E-state index contributed by atoms with van der Waals surface area (Å²) in [6, 6.07) is 6.78. The molecule has 1 aliphatic rings. The van der Waals surface area contributed by atoms with Gasteiger partial charge in [-0.2, -0.15) is 9.40 Å². The van der Waals surface area contributed by atoms with Gasteiger partial charge in [-0.05, 0) is 44.9 Å². The first-order chi connectivity index (χ1) is 15.6. The number of nitrogens with one attached hydrogen (secondary N) is 1. The smallest absolute Gasteiger partial charge is 0.253 e. The number of benzene rings is 1. The molecule has 0 unspecified atom stereocenters. The first kappa shape index (κ1) is 23.2. The molecule has 1 amide bonds. The van der Waals surface area contributed by atoms with Crippen LogP contribution in [0.25, 0.3) is 11.0 Å². The van der Waals surface area contributed by atoms with Crippen molar-refractivity contribution in [1.29, 1.82) is 0 Å². The van der Waals surface area contributed by atoms with E-state index in [0.29, 0.717) is 30.7 Å². The van der Waals surface area contributed by atoms with Gasteiger partial charge < -0.3 is 9.88 Å². The first-order valence-corrected chi connectivity index (χ1v) is 12.4. The third-order valence-electron chi connectivity index (χ3n) is 6.39. The van der Waals surface area contributed by atoms with Gasteiger partial charge >= 0.3 is 0 Å². The predicted molar refractivity (Wildman–Crippen MR) is 126 cm³/mol. The predicted octanol–water partition coefficient (Wildman–Crippen LogP) is 1.65. The summed E-state index contributed by atoms with van der Waals surface area (Å²) in [5.74, 6) is -0.0795. The van der Waals surface area contributed by atoms with Gasteiger partial charge in [0.2, 0.25) is 15.9 Å². The highest BCUT2D eigenvalue weighted by atomic mass is 32.2. The Morgan fingerprint density at radius 3 is 2.33 bits per heavy atom. The van der Waals surface area contributed by atoms with Crippen LogP contribution in [0.3, 0.4) is 0 Å². The van der Waals surface area contributed by atoms with E-state index in [4.69, 9.17) is 0 Å². The van der Waals surface area contributed by atoms with Crippen molar-refractivity contribution in [2.45, 2.75) is 38.5 Å². The molecule has 9 nitrogen and oxygen atoms in total. The molecule has 3 heterocycles. The number of H-pyrrole nitrogens is 1. The maximum Gasteiger partial charge on any atom is 0.253 e. The molecule has 33 heavy (non-hydrogen) atoms. The SMILES string of the molecule is Cc1ccc(S(=O)(=O)N2CCN(C(=O)CCc3c(C)c4c(C)nn(C)c4[nH]c3=O)CC2)cc1. The summed E-state index contributed by atoms with van der Waals surface area (Å²) in [5, 5.41) is 5.28. The molecule has 3 aromatic rings. The van der Waals surface area contributed by atoms with Crippen molar-refractivity contribution >= 4 is 27.0 Å². The van der Waals surface area contributed by atoms with Crippen molar-refractivity contribution in [3.8, 4) is 0 Å². The minimum atomic E-state index is -3.58. The molecule has 1 aromatic carbocycles. The zero-order valence-corrected chi connectivity index (χ0v) is 20.2. The van der Waals surface area contributed by atoms with Gasteiger partial charge in [0.05, 0.1) is 10.6 Å². The number of amides is 1. The highest BCUT2D eigenvalue weighted by molar-refractivity contribution is 7.89. The number of carbonyl (C=O) groups excluding carboxylic acids is 1. The number of sulfonamides is 1. The monoisotopic (exact) mass is 471 g/mol. The summed E-state index contributed by atoms with van der Waals surface area (Å²) < 4.78 is 28.8. The second-order valence-corrected chi connectivity index (χ2v) is 10.5. The Labute approximate surface area is 193 Å². The fourth-order valence-corrected chi connectivity index (χ4v) is 5.91. The van der Waals surface area contributed by atoms with Crippen molar-refractivity contribution in [1.82, 2.24) is 24.0 Å². The zero-order valence-electron chi connectivity index (χ0n) is 19.4. The zero-order chi connectivity index (χ0) is 23.9. The Balaban J connectivity index is 1.41. The Hall–Kier alpha value is -2.98. The number of hydrogen-bond donors (Lipinski definition) is 1. The number of aromatic nitrogens is 3. The lowest BCUT2D eigenvalue weighted by Crippen LogP contribution is -2.50. The molecule has 0 saturated carbocycles. The number of nitrogens with zero attached hydrogens (tertiary/aromatic N) is 4. The number of aryl methyl sites for hydroxylation is 4. The van der Waals surface area contributed by atoms with Gasteiger partial charge in [-0.15, -0.1) is 0 Å². The Bertz CT molecular complexity index is 1360. The van der Waals surface area contributed by atoms with Gasteiger partial charge in [0, 0.05) is 50.6 Å². The number of rotatable bonds is 5. The standard InChI is InChI=1S/C23H29N5O4S/c1-15-5-7-18(8-6-15)33(31,32)28-13-11-27(12-14-28)20(29)10-9-19-16(2)21-17(3)25-26(4)22(21)24-23(19)30/h5-8H,9-14H2,1-4H3,(H,24,30). The Kier molecular flexibility index (Phi) is 6.15. The number of carbonyl (C=O) groups is 1. The van der Waals surface area contributed by atoms with Crippen molar-refractivity contribution in [2.75, 3.05) is 26.2 Å². The number of piperazine rings is 1. The van der Waals surface area contributed by atoms with Crippen LogP contribution in [0.4, 0.5) is 0 Å². The van der Waals surface area contributed by atoms with E-state index in [1.54, 1.807) is 40.9 Å². The van der Waals surface area contributed by atoms with Crippen LogP contribution in [-0.2, 0) is 28.3 Å². The van der Waals surface area contributed by atoms with Gasteiger partial charge in [0.25, 0.3) is 5.56 Å². The Morgan fingerprint density at radius 2 is 1.70 bits per heavy atom. The topological polar surface area (TPSA) is 108 Å². The highest BCUT2D eigenvalue weighted by Gasteiger charge is 2.30. The lowest BCUT2D eigenvalue weighted by atomic mass is 10.0. The molecule has 176 valence electrons. The molecule has 0 atom stereocenters. The average molecular weight is 472 g/mol. The third kappa shape index (κ3) is 4.32. The van der Waals surface area contributed by atoms with Crippen LogP contribution in [0.5, 0.6) is 0 Å². The van der Waals surface area contributed by atoms with Crippen molar-refractivity contribution in [2.24, 2.45) is 7.05 Å². The summed E-state index contributed by atoms with van der Waals surface area (Å²) in [6.07, 6.45) is 0.519. The molecule has 4 rings (SSSR count). The second kappa shape index (κ2) is 8.75. The van der Waals surface area contributed by atoms with E-state index in [1.807, 2.05) is 20.8 Å². The molecule has 2 aromatic heterocycles. The van der Waals surface area contributed by atoms with Crippen LogP contribution in [0.2, 0.25) is 0 Å². The van der Waals surface area contributed by atoms with Crippen LogP contribution < -0.4 is 5.56 Å². The van der Waals surface area contributed by atoms with E-state index < -0.39 is 10.0 Å². The number of fused-ring (bicyclic) bond motifs is 1. The van der Waals surface area contributed by atoms with E-state index in [0.717, 1.165) is 22.2 Å². The minimum absolute atomic E-state index is 0.0795. The lowest BCUT2D eigenvalue weighted by molar-refractivity contribution is -0.132. The largest absolute Gasteiger partial charge is 0.340 e. The molecule has 1 fully saturated rings. The summed E-state index contributed by atoms with van der Waals surface area (Å²) in [5.41, 5.74) is 3.74. The fourth-order valence-electron chi connectivity index (χ4n) is 4.48. The second-order valence-electron chi connectivity index (χ2n) is 8.59. The normalized spacial score (nSPS) is 15.3. The third-order valence-corrected chi connectivity index (χ3v) is 8.31. The van der Waals surface area contributed by atoms with Crippen molar-refractivity contribution in [3.63, 3.8) is 0 Å². The van der Waals surface area contributed by atoms with Crippen LogP contribution in [0, 0.1) is 20.8 Å². The van der Waals surface area contributed by atoms with Gasteiger partial charge in [-0.25, -0.2) is 8.42 Å². The molecule has 1 aliphatic heterocycles. The highest BCUT2D eigenvalue weighted by Crippen LogP contribution is 2.22. The van der Waals surface area contributed by atoms with E-state index in [9.17, 15) is 18.0 Å². The van der Waals surface area contributed by atoms with E-state index in [1.165, 1.54) is 4.31 Å². The van der Waals surface area contributed by atoms with E-state index in [2.05, 4.69) is 10.1 Å². The van der Waals surface area contributed by atoms with Crippen LogP contribution >= 0.6 is 0 Å². The summed E-state index contributed by atoms with van der Waals surface area (Å²) >= 11 is 0. The van der Waals surface area contributed by atoms with Gasteiger partial charge in [0.15, 0.2) is 0 Å². The maximum atomic E-state index is 12.9. The van der Waals surface area contributed by atoms with Crippen molar-refractivity contribution < 1.29 is 13.2 Å². The number of aromatic amines is 1. The van der Waals surface area contributed by atoms with E-state index in [-0.39, 0.29) is 35.9 Å². The molecular formula is C23H29N5O4S. The van der Waals surface area contributed by atoms with Gasteiger partial charge in [-0.3, -0.25) is 14.3 Å². The van der Waals surface area contributed by atoms with Crippen molar-refractivity contribution in [3.05, 3.63) is 57.0 Å². The minimum Gasteiger partial charge on any atom is -0.340 e. The molecule has 0 aliphatic carbocycles. The molecule has 0 radical (unpaired) electrons.